The molecule has 366 valence electrons. The molecule has 5 rings (SSSR count). The molecule has 2 unspecified atom stereocenters. The summed E-state index contributed by atoms with van der Waals surface area (Å²) in [5, 5.41) is 24.2. The lowest BCUT2D eigenvalue weighted by atomic mass is 10.0. The molecule has 5 aromatic rings. The van der Waals surface area contributed by atoms with Gasteiger partial charge in [-0.15, -0.1) is 0 Å². The summed E-state index contributed by atoms with van der Waals surface area (Å²) >= 11 is 24.6. The summed E-state index contributed by atoms with van der Waals surface area (Å²) in [5.74, 6) is -5.52. The van der Waals surface area contributed by atoms with Crippen LogP contribution in [-0.4, -0.2) is 47.3 Å². The van der Waals surface area contributed by atoms with Gasteiger partial charge in [-0.05, 0) is 111 Å². The van der Waals surface area contributed by atoms with Crippen LogP contribution in [0.5, 0.6) is 0 Å². The molecular weight excluding hydrogens is 1020 g/mol. The highest BCUT2D eigenvalue weighted by molar-refractivity contribution is 6.37. The van der Waals surface area contributed by atoms with Crippen LogP contribution in [0, 0.1) is 0 Å². The molecule has 0 heterocycles. The van der Waals surface area contributed by atoms with Crippen molar-refractivity contribution >= 4 is 116 Å². The molecule has 0 saturated carbocycles. The number of azo groups is 2. The van der Waals surface area contributed by atoms with Crippen LogP contribution in [0.25, 0.3) is 0 Å². The first-order valence-corrected chi connectivity index (χ1v) is 21.9. The van der Waals surface area contributed by atoms with Crippen molar-refractivity contribution in [1.82, 2.24) is 0 Å². The fourth-order valence-corrected chi connectivity index (χ4v) is 7.34. The van der Waals surface area contributed by atoms with Gasteiger partial charge in [-0.25, -0.2) is 0 Å². The normalized spacial score (nSPS) is 12.7. The lowest BCUT2D eigenvalue weighted by molar-refractivity contribution is -0.137. The molecule has 2 atom stereocenters. The molecule has 0 aliphatic heterocycles. The van der Waals surface area contributed by atoms with Gasteiger partial charge in [0.25, 0.3) is 23.6 Å². The van der Waals surface area contributed by atoms with Crippen molar-refractivity contribution in [3.05, 3.63) is 138 Å². The van der Waals surface area contributed by atoms with Crippen LogP contribution < -0.4 is 21.3 Å². The Labute approximate surface area is 414 Å². The van der Waals surface area contributed by atoms with Crippen LogP contribution in [-0.2, 0) is 44.4 Å². The monoisotopic (exact) mass is 1050 g/mol. The number of amides is 4. The molecule has 0 fully saturated rings. The number of carbonyl (C=O) groups is 6. The summed E-state index contributed by atoms with van der Waals surface area (Å²) in [4.78, 5) is 78.9. The van der Waals surface area contributed by atoms with E-state index in [1.54, 1.807) is 13.8 Å². The summed E-state index contributed by atoms with van der Waals surface area (Å²) in [6.07, 6.45) is -9.15. The van der Waals surface area contributed by atoms with E-state index >= 15 is 0 Å². The molecule has 70 heavy (non-hydrogen) atoms. The number of ketones is 2. The van der Waals surface area contributed by atoms with Crippen molar-refractivity contribution < 1.29 is 55.1 Å². The smallest absolute Gasteiger partial charge is 0.324 e. The van der Waals surface area contributed by atoms with Gasteiger partial charge in [0, 0.05) is 21.4 Å². The Balaban J connectivity index is 1.33. The number of benzene rings is 5. The van der Waals surface area contributed by atoms with Crippen LogP contribution in [0.1, 0.15) is 70.7 Å². The molecule has 4 amide bonds. The zero-order valence-corrected chi connectivity index (χ0v) is 39.7. The summed E-state index contributed by atoms with van der Waals surface area (Å²) in [6.45, 7) is 5.60. The minimum atomic E-state index is -4.83. The third-order valence-corrected chi connectivity index (χ3v) is 11.2. The Bertz CT molecular complexity index is 2940. The molecular formula is C46H36Cl4F6N8O6. The highest BCUT2D eigenvalue weighted by atomic mass is 35.5. The second kappa shape index (κ2) is 22.8. The maximum Gasteiger partial charge on any atom is 0.418 e. The Morgan fingerprint density at radius 2 is 0.929 bits per heavy atom. The van der Waals surface area contributed by atoms with E-state index in [1.165, 1.54) is 48.5 Å². The number of rotatable bonds is 16. The molecule has 24 heteroatoms. The van der Waals surface area contributed by atoms with Gasteiger partial charge in [0.05, 0.1) is 43.7 Å². The number of Topliss-reactive ketones (excluding diaryl/α,β-unsaturated/α-hetero) is 2. The molecule has 0 radical (unpaired) electrons. The molecule has 4 N–H and O–H groups in total. The number of nitrogens with zero attached hydrogens (tertiary/aromatic N) is 4. The van der Waals surface area contributed by atoms with E-state index in [0.717, 1.165) is 38.1 Å². The van der Waals surface area contributed by atoms with E-state index in [-0.39, 0.29) is 66.8 Å². The Morgan fingerprint density at radius 3 is 1.29 bits per heavy atom. The van der Waals surface area contributed by atoms with Gasteiger partial charge in [0.1, 0.15) is 11.4 Å². The summed E-state index contributed by atoms with van der Waals surface area (Å²) in [5.41, 5.74) is -3.31. The van der Waals surface area contributed by atoms with Gasteiger partial charge < -0.3 is 21.3 Å². The van der Waals surface area contributed by atoms with Crippen molar-refractivity contribution in [3.8, 4) is 0 Å². The first kappa shape index (κ1) is 54.2. The maximum atomic E-state index is 13.7. The molecule has 14 nitrogen and oxygen atoms in total. The standard InChI is InChI=1S/C46H36Cl4F6N8O6/c1-5-23-17-27(57-43(69)38(21(3)65)63-61-32-11-7-9-28(36(32)49)41(67)58-34-19-25(47)13-15-30(34)45(51,52)53)18-24(6-2)40(23)60-44(70)39(22(4)66)64-62-33-12-8-10-29(37(33)50)42(68)59-35-20-26(48)14-16-31(35)46(54,55)56/h7-20,38-39H,5-6H2,1-4H3,(H,57,69)(H,58,67)(H,59,68)(H,60,70). The van der Waals surface area contributed by atoms with Crippen molar-refractivity contribution in [1.29, 1.82) is 0 Å². The van der Waals surface area contributed by atoms with E-state index in [1.807, 2.05) is 0 Å². The van der Waals surface area contributed by atoms with Crippen molar-refractivity contribution in [2.45, 2.75) is 65.0 Å². The number of hydrogen-bond acceptors (Lipinski definition) is 10. The SMILES string of the molecule is CCc1cc(NC(=O)C(N=Nc2cccc(C(=O)Nc3cc(Cl)ccc3C(F)(F)F)c2Cl)C(C)=O)cc(CC)c1NC(=O)C(N=Nc1cccc(C(=O)Nc2cc(Cl)ccc2C(F)(F)F)c1Cl)C(C)=O. The molecule has 0 saturated heterocycles. The number of nitrogens with one attached hydrogen (secondary N) is 4. The minimum absolute atomic E-state index is 0.0840. The first-order valence-electron chi connectivity index (χ1n) is 20.4. The quantitative estimate of drug-likeness (QED) is 0.0430. The van der Waals surface area contributed by atoms with E-state index in [2.05, 4.69) is 41.7 Å². The van der Waals surface area contributed by atoms with Crippen LogP contribution in [0.2, 0.25) is 20.1 Å². The average molecular weight is 1050 g/mol. The van der Waals surface area contributed by atoms with E-state index < -0.39 is 82.1 Å². The third-order valence-electron chi connectivity index (χ3n) is 9.92. The molecule has 0 aliphatic carbocycles. The number of alkyl halides is 6. The average Bonchev–Trinajstić information content (AvgIpc) is 3.26. The topological polar surface area (TPSA) is 200 Å². The van der Waals surface area contributed by atoms with E-state index in [0.29, 0.717) is 23.3 Å². The number of carbonyl (C=O) groups excluding carboxylic acids is 6. The number of aryl methyl sites for hydroxylation is 2. The number of hydrogen-bond donors (Lipinski definition) is 4. The van der Waals surface area contributed by atoms with Crippen LogP contribution in [0.3, 0.4) is 0 Å². The molecule has 0 aliphatic rings. The largest absolute Gasteiger partial charge is 0.418 e. The fourth-order valence-electron chi connectivity index (χ4n) is 6.50. The van der Waals surface area contributed by atoms with Gasteiger partial charge in [-0.2, -0.15) is 46.8 Å². The Hall–Kier alpha value is -6.74. The van der Waals surface area contributed by atoms with Crippen LogP contribution in [0.4, 0.5) is 60.5 Å². The van der Waals surface area contributed by atoms with Gasteiger partial charge in [0.2, 0.25) is 12.1 Å². The molecule has 0 aromatic heterocycles. The van der Waals surface area contributed by atoms with Crippen molar-refractivity contribution in [3.63, 3.8) is 0 Å². The predicted molar refractivity (Wildman–Crippen MR) is 252 cm³/mol. The molecule has 0 bridgehead atoms. The van der Waals surface area contributed by atoms with Gasteiger partial charge in [0.15, 0.2) is 11.6 Å². The van der Waals surface area contributed by atoms with E-state index in [9.17, 15) is 55.1 Å². The fraction of sp³-hybridized carbons (Fsp3) is 0.217. The van der Waals surface area contributed by atoms with Crippen molar-refractivity contribution in [2.24, 2.45) is 20.5 Å². The lowest BCUT2D eigenvalue weighted by Gasteiger charge is -2.19. The van der Waals surface area contributed by atoms with E-state index in [4.69, 9.17) is 46.4 Å². The number of anilines is 4. The zero-order chi connectivity index (χ0) is 51.8. The predicted octanol–water partition coefficient (Wildman–Crippen LogP) is 13.3. The zero-order valence-electron chi connectivity index (χ0n) is 36.7. The van der Waals surface area contributed by atoms with Crippen LogP contribution >= 0.6 is 46.4 Å². The second-order valence-corrected chi connectivity index (χ2v) is 16.5. The third kappa shape index (κ3) is 13.3. The van der Waals surface area contributed by atoms with Gasteiger partial charge >= 0.3 is 12.4 Å². The van der Waals surface area contributed by atoms with Gasteiger partial charge in [-0.3, -0.25) is 28.8 Å². The second-order valence-electron chi connectivity index (χ2n) is 14.9. The van der Waals surface area contributed by atoms with Crippen LogP contribution in [0.15, 0.2) is 105 Å². The summed E-state index contributed by atoms with van der Waals surface area (Å²) in [7, 11) is 0. The Kier molecular flexibility index (Phi) is 17.6. The maximum absolute atomic E-state index is 13.7. The summed E-state index contributed by atoms with van der Waals surface area (Å²) < 4.78 is 81.7. The highest BCUT2D eigenvalue weighted by Gasteiger charge is 2.36. The minimum Gasteiger partial charge on any atom is -0.324 e. The van der Waals surface area contributed by atoms with Gasteiger partial charge in [-0.1, -0.05) is 72.4 Å². The molecule has 5 aromatic carbocycles. The van der Waals surface area contributed by atoms with Crippen molar-refractivity contribution in [2.75, 3.05) is 21.3 Å². The lowest BCUT2D eigenvalue weighted by Crippen LogP contribution is -2.33. The molecule has 0 spiro atoms. The summed E-state index contributed by atoms with van der Waals surface area (Å²) in [6, 6.07) is 12.2. The number of halogens is 10. The Morgan fingerprint density at radius 1 is 0.543 bits per heavy atom. The highest BCUT2D eigenvalue weighted by Crippen LogP contribution is 2.39. The first-order chi connectivity index (χ1) is 32.8.